The fraction of sp³-hybridized carbons (Fsp3) is 1.00. The van der Waals surface area contributed by atoms with Crippen LogP contribution in [0.25, 0.3) is 0 Å². The minimum absolute atomic E-state index is 0.279. The van der Waals surface area contributed by atoms with E-state index in [1.807, 2.05) is 0 Å². The molecule has 0 aliphatic heterocycles. The average molecular weight is 188 g/mol. The first-order chi connectivity index (χ1) is 6.24. The summed E-state index contributed by atoms with van der Waals surface area (Å²) in [5, 5.41) is 0. The van der Waals surface area contributed by atoms with Crippen LogP contribution in [0.1, 0.15) is 40.0 Å². The molecule has 0 N–H and O–H groups in total. The molecule has 0 heterocycles. The Labute approximate surface area is 82.6 Å². The maximum Gasteiger partial charge on any atom is 0.0807 e. The monoisotopic (exact) mass is 188 g/mol. The molecule has 0 aromatic heterocycles. The second kappa shape index (κ2) is 8.52. The van der Waals surface area contributed by atoms with Crippen LogP contribution >= 0.6 is 0 Å². The van der Waals surface area contributed by atoms with Crippen molar-refractivity contribution in [3.63, 3.8) is 0 Å². The Hall–Kier alpha value is -0.0800. The van der Waals surface area contributed by atoms with Crippen LogP contribution < -0.4 is 0 Å². The fourth-order valence-corrected chi connectivity index (χ4v) is 1.21. The van der Waals surface area contributed by atoms with Gasteiger partial charge < -0.3 is 9.47 Å². The standard InChI is InChI=1S/C11H24O2/c1-5-7-13-9-11(12-4)8-10(3)6-2/h10-11H,5-9H2,1-4H3. The Bertz CT molecular complexity index is 104. The van der Waals surface area contributed by atoms with Crippen molar-refractivity contribution >= 4 is 0 Å². The van der Waals surface area contributed by atoms with Gasteiger partial charge in [-0.3, -0.25) is 0 Å². The predicted octanol–water partition coefficient (Wildman–Crippen LogP) is 2.86. The molecule has 0 fully saturated rings. The summed E-state index contributed by atoms with van der Waals surface area (Å²) in [6.07, 6.45) is 3.69. The lowest BCUT2D eigenvalue weighted by Crippen LogP contribution is -2.21. The van der Waals surface area contributed by atoms with E-state index in [-0.39, 0.29) is 6.10 Å². The van der Waals surface area contributed by atoms with Crippen molar-refractivity contribution in [2.75, 3.05) is 20.3 Å². The Morgan fingerprint density at radius 1 is 1.23 bits per heavy atom. The minimum Gasteiger partial charge on any atom is -0.379 e. The zero-order chi connectivity index (χ0) is 10.1. The van der Waals surface area contributed by atoms with Crippen molar-refractivity contribution < 1.29 is 9.47 Å². The highest BCUT2D eigenvalue weighted by Gasteiger charge is 2.10. The SMILES string of the molecule is CCCOCC(CC(C)CC)OC. The Balaban J connectivity index is 3.50. The van der Waals surface area contributed by atoms with Gasteiger partial charge in [0.1, 0.15) is 0 Å². The lowest BCUT2D eigenvalue weighted by atomic mass is 10.0. The Morgan fingerprint density at radius 3 is 2.38 bits per heavy atom. The largest absolute Gasteiger partial charge is 0.379 e. The zero-order valence-corrected chi connectivity index (χ0v) is 9.51. The van der Waals surface area contributed by atoms with Gasteiger partial charge in [0.05, 0.1) is 12.7 Å². The van der Waals surface area contributed by atoms with Crippen molar-refractivity contribution in [3.05, 3.63) is 0 Å². The quantitative estimate of drug-likeness (QED) is 0.545. The third kappa shape index (κ3) is 7.03. The van der Waals surface area contributed by atoms with Crippen LogP contribution in [0.4, 0.5) is 0 Å². The maximum atomic E-state index is 5.46. The molecule has 0 aromatic carbocycles. The number of rotatable bonds is 8. The minimum atomic E-state index is 0.279. The van der Waals surface area contributed by atoms with Crippen molar-refractivity contribution in [3.8, 4) is 0 Å². The lowest BCUT2D eigenvalue weighted by molar-refractivity contribution is -0.00264. The van der Waals surface area contributed by atoms with Crippen molar-refractivity contribution in [2.24, 2.45) is 5.92 Å². The smallest absolute Gasteiger partial charge is 0.0807 e. The van der Waals surface area contributed by atoms with E-state index in [0.29, 0.717) is 0 Å². The van der Waals surface area contributed by atoms with Gasteiger partial charge in [0, 0.05) is 13.7 Å². The van der Waals surface area contributed by atoms with Gasteiger partial charge in [-0.15, -0.1) is 0 Å². The summed E-state index contributed by atoms with van der Waals surface area (Å²) in [6.45, 7) is 8.18. The number of hydrogen-bond donors (Lipinski definition) is 0. The molecule has 0 rings (SSSR count). The summed E-state index contributed by atoms with van der Waals surface area (Å²) in [7, 11) is 1.77. The highest BCUT2D eigenvalue weighted by atomic mass is 16.5. The molecule has 0 spiro atoms. The molecule has 0 amide bonds. The van der Waals surface area contributed by atoms with Gasteiger partial charge in [-0.1, -0.05) is 27.2 Å². The van der Waals surface area contributed by atoms with Crippen LogP contribution in [-0.2, 0) is 9.47 Å². The molecule has 0 aliphatic rings. The summed E-state index contributed by atoms with van der Waals surface area (Å²) in [4.78, 5) is 0. The normalized spacial score (nSPS) is 15.7. The van der Waals surface area contributed by atoms with Crippen LogP contribution in [0.3, 0.4) is 0 Å². The van der Waals surface area contributed by atoms with E-state index in [1.54, 1.807) is 7.11 Å². The lowest BCUT2D eigenvalue weighted by Gasteiger charge is -2.18. The maximum absolute atomic E-state index is 5.46. The Kier molecular flexibility index (Phi) is 8.46. The first-order valence-corrected chi connectivity index (χ1v) is 5.35. The second-order valence-corrected chi connectivity index (χ2v) is 3.68. The third-order valence-electron chi connectivity index (χ3n) is 2.35. The van der Waals surface area contributed by atoms with Gasteiger partial charge in [-0.25, -0.2) is 0 Å². The molecule has 2 atom stereocenters. The van der Waals surface area contributed by atoms with E-state index >= 15 is 0 Å². The van der Waals surface area contributed by atoms with E-state index in [9.17, 15) is 0 Å². The van der Waals surface area contributed by atoms with Crippen molar-refractivity contribution in [1.29, 1.82) is 0 Å². The van der Waals surface area contributed by atoms with Gasteiger partial charge >= 0.3 is 0 Å². The van der Waals surface area contributed by atoms with Gasteiger partial charge in [-0.2, -0.15) is 0 Å². The van der Waals surface area contributed by atoms with Gasteiger partial charge in [0.15, 0.2) is 0 Å². The van der Waals surface area contributed by atoms with E-state index in [4.69, 9.17) is 9.47 Å². The molecule has 13 heavy (non-hydrogen) atoms. The zero-order valence-electron chi connectivity index (χ0n) is 9.51. The molecule has 0 saturated carbocycles. The highest BCUT2D eigenvalue weighted by Crippen LogP contribution is 2.12. The Morgan fingerprint density at radius 2 is 1.92 bits per heavy atom. The van der Waals surface area contributed by atoms with E-state index in [2.05, 4.69) is 20.8 Å². The fourth-order valence-electron chi connectivity index (χ4n) is 1.21. The van der Waals surface area contributed by atoms with E-state index in [0.717, 1.165) is 32.0 Å². The molecule has 2 heteroatoms. The molecular weight excluding hydrogens is 164 g/mol. The van der Waals surface area contributed by atoms with E-state index < -0.39 is 0 Å². The second-order valence-electron chi connectivity index (χ2n) is 3.68. The van der Waals surface area contributed by atoms with Crippen LogP contribution in [0, 0.1) is 5.92 Å². The molecule has 0 saturated heterocycles. The van der Waals surface area contributed by atoms with Crippen molar-refractivity contribution in [1.82, 2.24) is 0 Å². The molecule has 2 unspecified atom stereocenters. The molecular formula is C11H24O2. The van der Waals surface area contributed by atoms with Gasteiger partial charge in [0.25, 0.3) is 0 Å². The molecule has 80 valence electrons. The number of hydrogen-bond acceptors (Lipinski definition) is 2. The van der Waals surface area contributed by atoms with Crippen LogP contribution in [0.15, 0.2) is 0 Å². The summed E-state index contributed by atoms with van der Waals surface area (Å²) >= 11 is 0. The summed E-state index contributed by atoms with van der Waals surface area (Å²) in [5.74, 6) is 0.732. The average Bonchev–Trinajstić information content (AvgIpc) is 2.16. The van der Waals surface area contributed by atoms with Crippen LogP contribution in [0.5, 0.6) is 0 Å². The topological polar surface area (TPSA) is 18.5 Å². The van der Waals surface area contributed by atoms with Crippen LogP contribution in [-0.4, -0.2) is 26.4 Å². The highest BCUT2D eigenvalue weighted by molar-refractivity contribution is 4.61. The molecule has 0 radical (unpaired) electrons. The number of methoxy groups -OCH3 is 1. The summed E-state index contributed by atoms with van der Waals surface area (Å²) in [5.41, 5.74) is 0. The van der Waals surface area contributed by atoms with Crippen LogP contribution in [0.2, 0.25) is 0 Å². The predicted molar refractivity (Wildman–Crippen MR) is 56.0 cm³/mol. The first kappa shape index (κ1) is 12.9. The first-order valence-electron chi connectivity index (χ1n) is 5.35. The summed E-state index contributed by atoms with van der Waals surface area (Å²) < 4.78 is 10.8. The third-order valence-corrected chi connectivity index (χ3v) is 2.35. The molecule has 2 nitrogen and oxygen atoms in total. The molecule has 0 bridgehead atoms. The van der Waals surface area contributed by atoms with Gasteiger partial charge in [-0.05, 0) is 18.8 Å². The molecule has 0 aliphatic carbocycles. The summed E-state index contributed by atoms with van der Waals surface area (Å²) in [6, 6.07) is 0. The molecule has 0 aromatic rings. The van der Waals surface area contributed by atoms with Crippen molar-refractivity contribution in [2.45, 2.75) is 46.1 Å². The number of ether oxygens (including phenoxy) is 2. The van der Waals surface area contributed by atoms with Gasteiger partial charge in [0.2, 0.25) is 0 Å². The van der Waals surface area contributed by atoms with E-state index in [1.165, 1.54) is 6.42 Å².